The van der Waals surface area contributed by atoms with Crippen molar-refractivity contribution in [2.45, 2.75) is 16.4 Å². The molecule has 0 saturated carbocycles. The summed E-state index contributed by atoms with van der Waals surface area (Å²) < 4.78 is 64.5. The molecule has 0 fully saturated rings. The van der Waals surface area contributed by atoms with Crippen molar-refractivity contribution >= 4 is 42.4 Å². The number of azo groups is 1. The molecule has 0 bridgehead atoms. The first-order chi connectivity index (χ1) is 13.5. The Morgan fingerprint density at radius 3 is 1.93 bits per heavy atom. The van der Waals surface area contributed by atoms with Gasteiger partial charge in [0.15, 0.2) is 0 Å². The minimum absolute atomic E-state index is 0.0602. The van der Waals surface area contributed by atoms with Crippen molar-refractivity contribution in [2.75, 3.05) is 0 Å². The molecule has 0 amide bonds. The molecule has 3 aromatic rings. The fourth-order valence-electron chi connectivity index (χ4n) is 2.64. The van der Waals surface area contributed by atoms with Gasteiger partial charge in [-0.15, -0.1) is 5.11 Å². The lowest BCUT2D eigenvalue weighted by molar-refractivity contribution is 0.282. The van der Waals surface area contributed by atoms with Gasteiger partial charge < -0.3 is 10.2 Å². The van der Waals surface area contributed by atoms with E-state index in [1.165, 1.54) is 0 Å². The molecule has 0 radical (unpaired) electrons. The summed E-state index contributed by atoms with van der Waals surface area (Å²) in [5.74, 6) is -0.610. The molecule has 0 aliphatic rings. The van der Waals surface area contributed by atoms with Crippen molar-refractivity contribution in [1.82, 2.24) is 0 Å². The maximum absolute atomic E-state index is 11.6. The fraction of sp³-hybridized carbons (Fsp3) is 0.0588. The average molecular weight is 438 g/mol. The third-order valence-electron chi connectivity index (χ3n) is 3.98. The molecule has 10 nitrogen and oxygen atoms in total. The van der Waals surface area contributed by atoms with Crippen LogP contribution in [-0.2, 0) is 26.8 Å². The first kappa shape index (κ1) is 20.8. The Kier molecular flexibility index (Phi) is 5.38. The van der Waals surface area contributed by atoms with Gasteiger partial charge in [0.05, 0.1) is 33.2 Å². The van der Waals surface area contributed by atoms with Gasteiger partial charge in [-0.2, -0.15) is 21.9 Å². The molecule has 3 aromatic carbocycles. The van der Waals surface area contributed by atoms with Gasteiger partial charge >= 0.3 is 0 Å². The summed E-state index contributed by atoms with van der Waals surface area (Å²) in [6.07, 6.45) is 0. The largest absolute Gasteiger partial charge is 0.507 e. The highest BCUT2D eigenvalue weighted by Gasteiger charge is 2.19. The van der Waals surface area contributed by atoms with Crippen molar-refractivity contribution in [3.05, 3.63) is 54.1 Å². The third kappa shape index (κ3) is 4.41. The predicted molar refractivity (Wildman–Crippen MR) is 102 cm³/mol. The molecule has 0 unspecified atom stereocenters. The van der Waals surface area contributed by atoms with Crippen molar-refractivity contribution in [2.24, 2.45) is 10.2 Å². The molecule has 0 aromatic heterocycles. The second kappa shape index (κ2) is 7.50. The maximum Gasteiger partial charge on any atom is 0.294 e. The van der Waals surface area contributed by atoms with Crippen LogP contribution in [0.3, 0.4) is 0 Å². The first-order valence-corrected chi connectivity index (χ1v) is 10.7. The second-order valence-corrected chi connectivity index (χ2v) is 8.76. The van der Waals surface area contributed by atoms with Crippen LogP contribution in [-0.4, -0.2) is 36.2 Å². The Balaban J connectivity index is 2.31. The topological polar surface area (TPSA) is 174 Å². The number of phenolic OH excluding ortho intramolecular Hbond substituents is 1. The monoisotopic (exact) mass is 438 g/mol. The van der Waals surface area contributed by atoms with E-state index in [1.54, 1.807) is 24.3 Å². The van der Waals surface area contributed by atoms with Crippen LogP contribution in [0.15, 0.2) is 68.6 Å². The Labute approximate surface area is 165 Å². The molecule has 0 aliphatic carbocycles. The minimum atomic E-state index is -4.71. The Hall–Kier alpha value is -2.90. The zero-order valence-electron chi connectivity index (χ0n) is 14.5. The van der Waals surface area contributed by atoms with E-state index in [9.17, 15) is 36.2 Å². The van der Waals surface area contributed by atoms with Crippen LogP contribution < -0.4 is 0 Å². The normalized spacial score (nSPS) is 12.7. The van der Waals surface area contributed by atoms with Gasteiger partial charge in [0.2, 0.25) is 0 Å². The number of benzene rings is 3. The van der Waals surface area contributed by atoms with E-state index in [-0.39, 0.29) is 28.8 Å². The standard InChI is InChI=1S/C17H14N2O8S2/c20-9-10-3-1-2-4-14(10)18-19-15-7-12(28(22,23)24)5-11-6-13(29(25,26)27)8-16(21)17(11)15/h1-8,20-21H,9H2,(H,22,23,24)(H,25,26,27)/b19-18+. The van der Waals surface area contributed by atoms with Gasteiger partial charge in [0.1, 0.15) is 5.75 Å². The highest BCUT2D eigenvalue weighted by atomic mass is 32.2. The summed E-state index contributed by atoms with van der Waals surface area (Å²) in [7, 11) is -9.40. The predicted octanol–water partition coefficient (Wildman–Crippen LogP) is 2.95. The van der Waals surface area contributed by atoms with Gasteiger partial charge in [0, 0.05) is 11.6 Å². The van der Waals surface area contributed by atoms with Crippen LogP contribution in [0.4, 0.5) is 11.4 Å². The third-order valence-corrected chi connectivity index (χ3v) is 5.64. The molecule has 0 spiro atoms. The smallest absolute Gasteiger partial charge is 0.294 e. The van der Waals surface area contributed by atoms with Crippen molar-refractivity contribution in [3.8, 4) is 5.75 Å². The van der Waals surface area contributed by atoms with Crippen LogP contribution in [0.2, 0.25) is 0 Å². The van der Waals surface area contributed by atoms with Gasteiger partial charge in [-0.3, -0.25) is 9.11 Å². The highest BCUT2D eigenvalue weighted by molar-refractivity contribution is 7.86. The van der Waals surface area contributed by atoms with Crippen molar-refractivity contribution in [3.63, 3.8) is 0 Å². The van der Waals surface area contributed by atoms with Gasteiger partial charge in [-0.1, -0.05) is 18.2 Å². The molecule has 0 saturated heterocycles. The van der Waals surface area contributed by atoms with E-state index in [4.69, 9.17) is 0 Å². The van der Waals surface area contributed by atoms with Crippen LogP contribution in [0, 0.1) is 0 Å². The van der Waals surface area contributed by atoms with Gasteiger partial charge in [-0.05, 0) is 29.7 Å². The SMILES string of the molecule is O=S(=O)(O)c1cc(O)c2c(/N=N/c3ccccc3CO)cc(S(=O)(=O)O)cc2c1. The number of rotatable bonds is 5. The molecule has 0 aliphatic heterocycles. The van der Waals surface area contributed by atoms with Crippen molar-refractivity contribution < 1.29 is 36.2 Å². The maximum atomic E-state index is 11.6. The molecule has 4 N–H and O–H groups in total. The number of hydrogen-bond acceptors (Lipinski definition) is 8. The molecule has 29 heavy (non-hydrogen) atoms. The number of nitrogens with zero attached hydrogens (tertiary/aromatic N) is 2. The van der Waals surface area contributed by atoms with E-state index in [0.717, 1.165) is 24.3 Å². The summed E-state index contributed by atoms with van der Waals surface area (Å²) in [5.41, 5.74) is 0.515. The summed E-state index contributed by atoms with van der Waals surface area (Å²) in [4.78, 5) is -1.30. The molecule has 0 heterocycles. The molecular weight excluding hydrogens is 424 g/mol. The van der Waals surface area contributed by atoms with Crippen molar-refractivity contribution in [1.29, 1.82) is 0 Å². The Bertz CT molecular complexity index is 1340. The molecular formula is C17H14N2O8S2. The number of hydrogen-bond donors (Lipinski definition) is 4. The number of phenols is 1. The van der Waals surface area contributed by atoms with Crippen LogP contribution in [0.5, 0.6) is 5.75 Å². The summed E-state index contributed by atoms with van der Waals surface area (Å²) in [5, 5.41) is 27.3. The highest BCUT2D eigenvalue weighted by Crippen LogP contribution is 2.39. The minimum Gasteiger partial charge on any atom is -0.507 e. The lowest BCUT2D eigenvalue weighted by atomic mass is 10.1. The van der Waals surface area contributed by atoms with Gasteiger partial charge in [-0.25, -0.2) is 0 Å². The molecule has 12 heteroatoms. The average Bonchev–Trinajstić information content (AvgIpc) is 2.64. The number of aliphatic hydroxyl groups excluding tert-OH is 1. The van der Waals surface area contributed by atoms with Gasteiger partial charge in [0.25, 0.3) is 20.2 Å². The van der Waals surface area contributed by atoms with Crippen LogP contribution in [0.25, 0.3) is 10.8 Å². The molecule has 0 atom stereocenters. The summed E-state index contributed by atoms with van der Waals surface area (Å²) in [6, 6.07) is 9.98. The molecule has 152 valence electrons. The molecule has 3 rings (SSSR count). The fourth-order valence-corrected chi connectivity index (χ4v) is 3.72. The zero-order chi connectivity index (χ0) is 21.4. The Morgan fingerprint density at radius 1 is 0.793 bits per heavy atom. The van der Waals surface area contributed by atoms with E-state index in [2.05, 4.69) is 10.2 Å². The second-order valence-electron chi connectivity index (χ2n) is 5.92. The van der Waals surface area contributed by atoms with E-state index in [1.807, 2.05) is 0 Å². The number of aliphatic hydroxyl groups is 1. The zero-order valence-corrected chi connectivity index (χ0v) is 16.1. The number of fused-ring (bicyclic) bond motifs is 1. The lowest BCUT2D eigenvalue weighted by Gasteiger charge is -2.09. The quantitative estimate of drug-likeness (QED) is 0.347. The summed E-state index contributed by atoms with van der Waals surface area (Å²) >= 11 is 0. The Morgan fingerprint density at radius 2 is 1.34 bits per heavy atom. The lowest BCUT2D eigenvalue weighted by Crippen LogP contribution is -2.00. The van der Waals surface area contributed by atoms with Crippen LogP contribution in [0.1, 0.15) is 5.56 Å². The summed E-state index contributed by atoms with van der Waals surface area (Å²) in [6.45, 7) is -0.329. The number of aromatic hydroxyl groups is 1. The van der Waals surface area contributed by atoms with E-state index in [0.29, 0.717) is 5.56 Å². The van der Waals surface area contributed by atoms with Crippen LogP contribution >= 0.6 is 0 Å². The van der Waals surface area contributed by atoms with E-state index >= 15 is 0 Å². The van der Waals surface area contributed by atoms with E-state index < -0.39 is 35.8 Å². The first-order valence-electron chi connectivity index (χ1n) is 7.87.